The second-order valence-electron chi connectivity index (χ2n) is 33.0. The Morgan fingerprint density at radius 1 is 0.347 bits per heavy atom. The molecule has 32 nitrogen and oxygen atoms in total. The Morgan fingerprint density at radius 2 is 0.589 bits per heavy atom. The molecule has 10 amide bonds. The summed E-state index contributed by atoms with van der Waals surface area (Å²) in [7, 11) is 9.54. The smallest absolute Gasteiger partial charge is 0.306 e. The van der Waals surface area contributed by atoms with Crippen LogP contribution >= 0.6 is 0 Å². The Hall–Kier alpha value is -8.81. The van der Waals surface area contributed by atoms with Crippen molar-refractivity contribution >= 4 is 88.9 Å². The zero-order chi connectivity index (χ0) is 89.6. The lowest BCUT2D eigenvalue weighted by molar-refractivity contribution is -0.157. The average molecular weight is 1770 g/mol. The molecule has 5 aliphatic rings. The molecule has 5 fully saturated rings. The van der Waals surface area contributed by atoms with Gasteiger partial charge in [-0.1, -0.05) is 115 Å². The summed E-state index contributed by atoms with van der Waals surface area (Å²) < 4.78 is 34.3. The van der Waals surface area contributed by atoms with Crippen molar-refractivity contribution in [3.8, 4) is 0 Å². The summed E-state index contributed by atoms with van der Waals surface area (Å²) in [6.07, 6.45) is 8.33. The van der Waals surface area contributed by atoms with Gasteiger partial charge in [0, 0.05) is 77.2 Å². The lowest BCUT2D eigenvalue weighted by atomic mass is 9.86. The standard InChI is InChI=1S/C19H26N2O4.C17H30N2O5.2C17H30N2O4.C16H28N2O5.6CH4/c1-13(2)20-18(23)16-10-7-11-21(16)19(24)15(12-17(22)25-3)14-8-5-4-6-9-14;1-11(2)18-15(21)13-8-7-9-19(13)16(22)12(10-14(20)23-5)17(3,4)24-6;2*1-6-12(4)13(10-15(20)23-5)17(22)19-9-7-8-14(19)16(21)18-11(2)3;1-10(2)17-15(20)13-7-6-8-18(13)16(21)12(11(3)22-4)9-14(19)23-5;;;;;;/h4-6,8-9,13,15-16H,7,10-12H2,1-3H3,(H,20,23);11-13H,7-10H2,1-6H3,(H,18,21);2*11-14H,6-10H2,1-5H3,(H,18,21);10-13H,6-9H2,1-5H3,(H,17,20);6*1H4/t15-,16-;12-,13+;12-,13+,14+;12-,13-,14-;11-,12-,13-;;;;;;/m01100....../s1. The Labute approximate surface area is 745 Å². The van der Waals surface area contributed by atoms with Crippen molar-refractivity contribution in [1.82, 2.24) is 51.1 Å². The number of nitrogens with zero attached hydrogens (tertiary/aromatic N) is 5. The van der Waals surface area contributed by atoms with Crippen LogP contribution in [0.15, 0.2) is 30.3 Å². The van der Waals surface area contributed by atoms with Crippen LogP contribution in [0.1, 0.15) is 283 Å². The first kappa shape index (κ1) is 124. The molecule has 0 spiro atoms. The van der Waals surface area contributed by atoms with Crippen molar-refractivity contribution in [2.75, 3.05) is 82.5 Å². The van der Waals surface area contributed by atoms with Gasteiger partial charge in [-0.3, -0.25) is 71.9 Å². The third kappa shape index (κ3) is 39.4. The van der Waals surface area contributed by atoms with Gasteiger partial charge >= 0.3 is 29.8 Å². The molecule has 5 N–H and O–H groups in total. The van der Waals surface area contributed by atoms with Gasteiger partial charge < -0.3 is 84.2 Å². The first-order valence-corrected chi connectivity index (χ1v) is 42.0. The summed E-state index contributed by atoms with van der Waals surface area (Å²) >= 11 is 0. The molecule has 0 radical (unpaired) electrons. The fraction of sp³-hybridized carbons (Fsp3) is 0.772. The number of methoxy groups -OCH3 is 7. The van der Waals surface area contributed by atoms with E-state index in [2.05, 4.69) is 31.3 Å². The maximum atomic E-state index is 13.1. The maximum Gasteiger partial charge on any atom is 0.306 e. The molecule has 6 rings (SSSR count). The van der Waals surface area contributed by atoms with E-state index in [0.717, 1.165) is 50.5 Å². The number of ether oxygens (including phenoxy) is 7. The second kappa shape index (κ2) is 62.3. The molecule has 5 saturated heterocycles. The predicted molar refractivity (Wildman–Crippen MR) is 483 cm³/mol. The third-order valence-corrected chi connectivity index (χ3v) is 22.1. The molecular formula is C92H168N10O22. The topological polar surface area (TPSA) is 397 Å². The molecule has 0 saturated carbocycles. The maximum absolute atomic E-state index is 13.1. The van der Waals surface area contributed by atoms with E-state index in [4.69, 9.17) is 28.4 Å². The molecule has 0 aromatic heterocycles. The fourth-order valence-corrected chi connectivity index (χ4v) is 14.8. The molecule has 5 heterocycles. The van der Waals surface area contributed by atoms with Crippen LogP contribution in [-0.4, -0.2) is 268 Å². The highest BCUT2D eigenvalue weighted by molar-refractivity contribution is 5.96. The van der Waals surface area contributed by atoms with Crippen molar-refractivity contribution in [2.45, 2.75) is 349 Å². The van der Waals surface area contributed by atoms with Gasteiger partial charge in [-0.25, -0.2) is 0 Å². The van der Waals surface area contributed by atoms with E-state index in [9.17, 15) is 71.9 Å². The number of hydrogen-bond donors (Lipinski definition) is 5. The number of amides is 10. The molecule has 13 atom stereocenters. The van der Waals surface area contributed by atoms with E-state index in [1.165, 1.54) is 49.8 Å². The molecule has 124 heavy (non-hydrogen) atoms. The Balaban J connectivity index is -0.000000470. The van der Waals surface area contributed by atoms with Gasteiger partial charge in [0.15, 0.2) is 0 Å². The van der Waals surface area contributed by atoms with Crippen LogP contribution < -0.4 is 26.6 Å². The van der Waals surface area contributed by atoms with Crippen LogP contribution in [0.25, 0.3) is 0 Å². The van der Waals surface area contributed by atoms with Crippen LogP contribution in [0.5, 0.6) is 0 Å². The monoisotopic (exact) mass is 1770 g/mol. The molecular weight excluding hydrogens is 1600 g/mol. The van der Waals surface area contributed by atoms with Crippen LogP contribution in [0.4, 0.5) is 0 Å². The number of likely N-dealkylation sites (tertiary alicyclic amines) is 5. The van der Waals surface area contributed by atoms with E-state index < -0.39 is 89.4 Å². The van der Waals surface area contributed by atoms with Crippen molar-refractivity contribution in [2.24, 2.45) is 35.5 Å². The predicted octanol–water partition coefficient (Wildman–Crippen LogP) is 10.9. The molecule has 718 valence electrons. The quantitative estimate of drug-likeness (QED) is 0.0316. The first-order chi connectivity index (χ1) is 55.5. The van der Waals surface area contributed by atoms with Crippen molar-refractivity contribution < 1.29 is 105 Å². The Morgan fingerprint density at radius 3 is 0.839 bits per heavy atom. The normalized spacial score (nSPS) is 18.7. The lowest BCUT2D eigenvalue weighted by Gasteiger charge is -2.36. The summed E-state index contributed by atoms with van der Waals surface area (Å²) in [4.78, 5) is 193. The van der Waals surface area contributed by atoms with Gasteiger partial charge in [0.25, 0.3) is 0 Å². The minimum absolute atomic E-state index is 0. The number of rotatable bonds is 34. The number of nitrogens with one attached hydrogen (secondary N) is 5. The number of esters is 5. The molecule has 0 bridgehead atoms. The van der Waals surface area contributed by atoms with Crippen molar-refractivity contribution in [1.29, 1.82) is 0 Å². The van der Waals surface area contributed by atoms with Gasteiger partial charge in [0.05, 0.1) is 109 Å². The summed E-state index contributed by atoms with van der Waals surface area (Å²) in [5.74, 6) is -6.39. The third-order valence-electron chi connectivity index (χ3n) is 22.1. The van der Waals surface area contributed by atoms with Gasteiger partial charge in [-0.15, -0.1) is 0 Å². The number of hydrogen-bond acceptors (Lipinski definition) is 22. The van der Waals surface area contributed by atoms with E-state index in [0.29, 0.717) is 64.8 Å². The van der Waals surface area contributed by atoms with E-state index in [-0.39, 0.29) is 190 Å². The van der Waals surface area contributed by atoms with E-state index in [1.807, 2.05) is 127 Å². The average Bonchev–Trinajstić information content (AvgIpc) is 1.72. The molecule has 1 aromatic carbocycles. The summed E-state index contributed by atoms with van der Waals surface area (Å²) in [6, 6.07) is 7.02. The van der Waals surface area contributed by atoms with Crippen LogP contribution in [0.3, 0.4) is 0 Å². The largest absolute Gasteiger partial charge is 0.469 e. The van der Waals surface area contributed by atoms with Crippen molar-refractivity contribution in [3.63, 3.8) is 0 Å². The molecule has 0 aliphatic carbocycles. The fourth-order valence-electron chi connectivity index (χ4n) is 14.8. The van der Waals surface area contributed by atoms with Gasteiger partial charge in [-0.05, 0) is 172 Å². The number of benzene rings is 1. The van der Waals surface area contributed by atoms with E-state index >= 15 is 0 Å². The summed E-state index contributed by atoms with van der Waals surface area (Å²) in [5.41, 5.74) is -0.0831. The minimum atomic E-state index is -0.840. The summed E-state index contributed by atoms with van der Waals surface area (Å²) in [5, 5.41) is 14.3. The summed E-state index contributed by atoms with van der Waals surface area (Å²) in [6.45, 7) is 34.8. The highest BCUT2D eigenvalue weighted by Crippen LogP contribution is 2.34. The second-order valence-corrected chi connectivity index (χ2v) is 33.0. The Kier molecular flexibility index (Phi) is 62.2. The van der Waals surface area contributed by atoms with Gasteiger partial charge in [-0.2, -0.15) is 0 Å². The van der Waals surface area contributed by atoms with Gasteiger partial charge in [0.2, 0.25) is 59.1 Å². The highest BCUT2D eigenvalue weighted by Gasteiger charge is 2.47. The Bertz CT molecular complexity index is 3220. The SMILES string of the molecule is C.C.C.C.C.C.CC[C@@H](C)[C@H](CC(=O)OC)C(=O)N1CCC[C@H]1C(=O)NC(C)C.CC[C@H](C)[C@H](CC(=O)OC)C(=O)N1CCC[C@H]1C(=O)NC(C)C.COC(=O)C[C@H](C(=O)N1CCC[C@H]1C(=O)NC(C)C)C(C)(C)OC.COC(=O)C[C@H](C(=O)N1CCC[C@H]1C(=O)NC(C)C)[C@H](C)OC.COC(=O)C[C@H](C(=O)N1CCC[C@H]1C(=O)NC(C)C)c1ccccc1. The zero-order valence-corrected chi connectivity index (χ0v) is 75.1. The van der Waals surface area contributed by atoms with Crippen LogP contribution in [-0.2, 0) is 105 Å². The minimum Gasteiger partial charge on any atom is -0.469 e. The molecule has 1 aromatic rings. The highest BCUT2D eigenvalue weighted by atomic mass is 16.5. The van der Waals surface area contributed by atoms with Crippen molar-refractivity contribution in [3.05, 3.63) is 35.9 Å². The molecule has 5 aliphatic heterocycles. The molecule has 32 heteroatoms. The number of carbonyl (C=O) groups excluding carboxylic acids is 15. The lowest BCUT2D eigenvalue weighted by Crippen LogP contribution is -2.53. The molecule has 0 unspecified atom stereocenters. The van der Waals surface area contributed by atoms with E-state index in [1.54, 1.807) is 45.3 Å². The van der Waals surface area contributed by atoms with Crippen LogP contribution in [0.2, 0.25) is 0 Å². The van der Waals surface area contributed by atoms with Gasteiger partial charge in [0.1, 0.15) is 30.2 Å². The van der Waals surface area contributed by atoms with Crippen LogP contribution in [0, 0.1) is 35.5 Å². The number of carbonyl (C=O) groups is 15. The first-order valence-electron chi connectivity index (χ1n) is 42.0. The zero-order valence-electron chi connectivity index (χ0n) is 75.1.